The number of thioether (sulfide) groups is 1. The average molecular weight is 278 g/mol. The summed E-state index contributed by atoms with van der Waals surface area (Å²) in [6.45, 7) is 1.15. The molecular weight excluding hydrogens is 264 g/mol. The molecule has 2 N–H and O–H groups in total. The Hall–Kier alpha value is -1.89. The van der Waals surface area contributed by atoms with Crippen molar-refractivity contribution in [2.75, 3.05) is 18.9 Å². The van der Waals surface area contributed by atoms with E-state index in [9.17, 15) is 0 Å². The summed E-state index contributed by atoms with van der Waals surface area (Å²) < 4.78 is 12.9. The topological polar surface area (TPSA) is 75.2 Å². The van der Waals surface area contributed by atoms with Gasteiger partial charge in [-0.3, -0.25) is 0 Å². The predicted octanol–water partition coefficient (Wildman–Crippen LogP) is 1.46. The van der Waals surface area contributed by atoms with Crippen molar-refractivity contribution in [2.45, 2.75) is 10.9 Å². The van der Waals surface area contributed by atoms with E-state index >= 15 is 0 Å². The maximum Gasteiger partial charge on any atom is 0.191 e. The van der Waals surface area contributed by atoms with Gasteiger partial charge in [0, 0.05) is 24.6 Å². The van der Waals surface area contributed by atoms with Gasteiger partial charge in [-0.1, -0.05) is 11.8 Å². The molecule has 0 amide bonds. The number of aryl methyl sites for hydroxylation is 1. The summed E-state index contributed by atoms with van der Waals surface area (Å²) in [5, 5.41) is 8.73. The highest BCUT2D eigenvalue weighted by Gasteiger charge is 2.15. The maximum atomic E-state index is 6.03. The van der Waals surface area contributed by atoms with Crippen LogP contribution in [0.5, 0.6) is 11.5 Å². The first kappa shape index (κ1) is 12.2. The molecule has 6 nitrogen and oxygen atoms in total. The van der Waals surface area contributed by atoms with Gasteiger partial charge in [-0.25, -0.2) is 0 Å². The van der Waals surface area contributed by atoms with Gasteiger partial charge in [0.15, 0.2) is 16.7 Å². The minimum Gasteiger partial charge on any atom is -0.486 e. The highest BCUT2D eigenvalue weighted by atomic mass is 32.2. The fourth-order valence-electron chi connectivity index (χ4n) is 1.82. The largest absolute Gasteiger partial charge is 0.486 e. The zero-order valence-electron chi connectivity index (χ0n) is 10.5. The van der Waals surface area contributed by atoms with E-state index in [0.717, 1.165) is 28.0 Å². The summed E-state index contributed by atoms with van der Waals surface area (Å²) in [6.07, 6.45) is 1.68. The monoisotopic (exact) mass is 278 g/mol. The fraction of sp³-hybridized carbons (Fsp3) is 0.333. The molecule has 0 aliphatic carbocycles. The van der Waals surface area contributed by atoms with E-state index in [0.29, 0.717) is 18.9 Å². The number of benzene rings is 1. The van der Waals surface area contributed by atoms with Crippen molar-refractivity contribution in [1.29, 1.82) is 0 Å². The molecule has 0 fully saturated rings. The van der Waals surface area contributed by atoms with E-state index in [1.807, 2.05) is 23.7 Å². The van der Waals surface area contributed by atoms with E-state index in [4.69, 9.17) is 15.2 Å². The van der Waals surface area contributed by atoms with Gasteiger partial charge in [-0.05, 0) is 11.6 Å². The Labute approximate surface area is 114 Å². The van der Waals surface area contributed by atoms with Crippen LogP contribution in [-0.4, -0.2) is 28.0 Å². The molecule has 0 radical (unpaired) electrons. The highest BCUT2D eigenvalue weighted by molar-refractivity contribution is 7.98. The van der Waals surface area contributed by atoms with Crippen LogP contribution >= 0.6 is 11.8 Å². The van der Waals surface area contributed by atoms with E-state index in [1.165, 1.54) is 0 Å². The van der Waals surface area contributed by atoms with Gasteiger partial charge < -0.3 is 19.8 Å². The number of ether oxygens (including phenoxy) is 2. The number of nitrogen functional groups attached to an aromatic ring is 1. The van der Waals surface area contributed by atoms with Crippen molar-refractivity contribution in [3.63, 3.8) is 0 Å². The Morgan fingerprint density at radius 3 is 2.74 bits per heavy atom. The normalized spacial score (nSPS) is 13.5. The number of nitrogens with two attached hydrogens (primary N) is 1. The molecule has 3 rings (SSSR count). The third-order valence-electron chi connectivity index (χ3n) is 2.83. The number of nitrogens with zero attached hydrogens (tertiary/aromatic N) is 3. The van der Waals surface area contributed by atoms with Crippen molar-refractivity contribution in [3.05, 3.63) is 24.0 Å². The number of anilines is 1. The summed E-state index contributed by atoms with van der Waals surface area (Å²) in [5.74, 6) is 2.19. The number of hydrogen-bond acceptors (Lipinski definition) is 6. The van der Waals surface area contributed by atoms with E-state index in [-0.39, 0.29) is 0 Å². The van der Waals surface area contributed by atoms with Crippen LogP contribution in [0.2, 0.25) is 0 Å². The zero-order valence-corrected chi connectivity index (χ0v) is 11.3. The van der Waals surface area contributed by atoms with Crippen LogP contribution in [0.4, 0.5) is 5.69 Å². The molecule has 100 valence electrons. The molecule has 0 spiro atoms. The summed E-state index contributed by atoms with van der Waals surface area (Å²) >= 11 is 1.58. The van der Waals surface area contributed by atoms with Crippen LogP contribution in [0.25, 0.3) is 0 Å². The minimum atomic E-state index is 0.569. The fourth-order valence-corrected chi connectivity index (χ4v) is 2.71. The lowest BCUT2D eigenvalue weighted by atomic mass is 10.2. The van der Waals surface area contributed by atoms with Gasteiger partial charge in [-0.2, -0.15) is 0 Å². The molecule has 1 aliphatic rings. The van der Waals surface area contributed by atoms with Crippen molar-refractivity contribution in [2.24, 2.45) is 7.05 Å². The molecule has 0 saturated carbocycles. The molecular formula is C12H14N4O2S. The lowest BCUT2D eigenvalue weighted by Gasteiger charge is -2.20. The third kappa shape index (κ3) is 2.46. The number of rotatable bonds is 3. The Balaban J connectivity index is 1.79. The molecule has 2 aromatic rings. The molecule has 7 heteroatoms. The Morgan fingerprint density at radius 1 is 1.32 bits per heavy atom. The van der Waals surface area contributed by atoms with Crippen LogP contribution in [0, 0.1) is 0 Å². The van der Waals surface area contributed by atoms with Gasteiger partial charge >= 0.3 is 0 Å². The summed E-state index contributed by atoms with van der Waals surface area (Å²) in [7, 11) is 1.91. The van der Waals surface area contributed by atoms with E-state index in [1.54, 1.807) is 18.1 Å². The second-order valence-corrected chi connectivity index (χ2v) is 5.15. The van der Waals surface area contributed by atoms with Gasteiger partial charge in [0.1, 0.15) is 19.5 Å². The van der Waals surface area contributed by atoms with Crippen LogP contribution in [0.3, 0.4) is 0 Å². The molecule has 0 bridgehead atoms. The van der Waals surface area contributed by atoms with Gasteiger partial charge in [0.05, 0.1) is 0 Å². The number of fused-ring (bicyclic) bond motifs is 1. The number of aromatic nitrogens is 3. The second-order valence-electron chi connectivity index (χ2n) is 4.21. The van der Waals surface area contributed by atoms with Crippen molar-refractivity contribution in [3.8, 4) is 11.5 Å². The maximum absolute atomic E-state index is 6.03. The Morgan fingerprint density at radius 2 is 2.05 bits per heavy atom. The minimum absolute atomic E-state index is 0.569. The number of hydrogen-bond donors (Lipinski definition) is 1. The lowest BCUT2D eigenvalue weighted by Crippen LogP contribution is -2.15. The summed E-state index contributed by atoms with van der Waals surface area (Å²) in [5.41, 5.74) is 7.75. The third-order valence-corrected chi connectivity index (χ3v) is 3.91. The first-order chi connectivity index (χ1) is 9.24. The van der Waals surface area contributed by atoms with Crippen molar-refractivity contribution in [1.82, 2.24) is 14.8 Å². The van der Waals surface area contributed by atoms with Crippen LogP contribution < -0.4 is 15.2 Å². The van der Waals surface area contributed by atoms with Gasteiger partial charge in [-0.15, -0.1) is 10.2 Å². The molecule has 0 unspecified atom stereocenters. The first-order valence-corrected chi connectivity index (χ1v) is 6.87. The van der Waals surface area contributed by atoms with Gasteiger partial charge in [0.2, 0.25) is 0 Å². The standard InChI is InChI=1S/C12H14N4O2S/c1-16-7-14-15-12(16)19-6-8-4-10-11(5-9(8)13)18-3-2-17-10/h4-5,7H,2-3,6,13H2,1H3. The molecule has 0 saturated heterocycles. The zero-order chi connectivity index (χ0) is 13.2. The van der Waals surface area contributed by atoms with Gasteiger partial charge in [0.25, 0.3) is 0 Å². The Kier molecular flexibility index (Phi) is 3.20. The highest BCUT2D eigenvalue weighted by Crippen LogP contribution is 2.36. The molecule has 19 heavy (non-hydrogen) atoms. The SMILES string of the molecule is Cn1cnnc1SCc1cc2c(cc1N)OCCO2. The molecule has 0 atom stereocenters. The predicted molar refractivity (Wildman–Crippen MR) is 72.4 cm³/mol. The molecule has 2 heterocycles. The second kappa shape index (κ2) is 5.00. The molecule has 1 aromatic heterocycles. The van der Waals surface area contributed by atoms with Crippen molar-refractivity contribution >= 4 is 17.4 Å². The summed E-state index contributed by atoms with van der Waals surface area (Å²) in [4.78, 5) is 0. The van der Waals surface area contributed by atoms with Crippen LogP contribution in [0.1, 0.15) is 5.56 Å². The molecule has 1 aliphatic heterocycles. The van der Waals surface area contributed by atoms with E-state index in [2.05, 4.69) is 10.2 Å². The smallest absolute Gasteiger partial charge is 0.191 e. The molecule has 1 aromatic carbocycles. The Bertz CT molecular complexity index is 599. The summed E-state index contributed by atoms with van der Waals surface area (Å²) in [6, 6.07) is 3.76. The average Bonchev–Trinajstić information content (AvgIpc) is 2.82. The van der Waals surface area contributed by atoms with E-state index < -0.39 is 0 Å². The van der Waals surface area contributed by atoms with Crippen molar-refractivity contribution < 1.29 is 9.47 Å². The lowest BCUT2D eigenvalue weighted by molar-refractivity contribution is 0.171. The first-order valence-electron chi connectivity index (χ1n) is 5.89. The van der Waals surface area contributed by atoms with Crippen LogP contribution in [0.15, 0.2) is 23.6 Å². The quantitative estimate of drug-likeness (QED) is 0.676. The van der Waals surface area contributed by atoms with Crippen LogP contribution in [-0.2, 0) is 12.8 Å².